The number of alkyl halides is 3. The fraction of sp³-hybridized carbons (Fsp3) is 0.533. The van der Waals surface area contributed by atoms with Gasteiger partial charge < -0.3 is 11.1 Å². The Morgan fingerprint density at radius 1 is 1.33 bits per heavy atom. The highest BCUT2D eigenvalue weighted by atomic mass is 32.1. The van der Waals surface area contributed by atoms with E-state index in [1.807, 2.05) is 0 Å². The van der Waals surface area contributed by atoms with Crippen molar-refractivity contribution in [2.45, 2.75) is 44.8 Å². The third-order valence-corrected chi connectivity index (χ3v) is 4.13. The molecule has 2 rings (SSSR count). The van der Waals surface area contributed by atoms with Gasteiger partial charge in [0.15, 0.2) is 0 Å². The largest absolute Gasteiger partial charge is 0.416 e. The third kappa shape index (κ3) is 4.09. The van der Waals surface area contributed by atoms with E-state index in [9.17, 15) is 13.2 Å². The van der Waals surface area contributed by atoms with E-state index in [-0.39, 0.29) is 16.6 Å². The summed E-state index contributed by atoms with van der Waals surface area (Å²) in [5, 5.41) is 3.31. The first-order valence-electron chi connectivity index (χ1n) is 7.05. The smallest absolute Gasteiger partial charge is 0.389 e. The van der Waals surface area contributed by atoms with Gasteiger partial charge in [-0.05, 0) is 37.0 Å². The van der Waals surface area contributed by atoms with Gasteiger partial charge in [-0.15, -0.1) is 0 Å². The van der Waals surface area contributed by atoms with Crippen LogP contribution in [0.5, 0.6) is 0 Å². The molecule has 1 aromatic rings. The van der Waals surface area contributed by atoms with Crippen LogP contribution in [-0.4, -0.2) is 11.0 Å². The van der Waals surface area contributed by atoms with Crippen molar-refractivity contribution >= 4 is 22.9 Å². The fourth-order valence-corrected chi connectivity index (χ4v) is 3.00. The van der Waals surface area contributed by atoms with Crippen LogP contribution in [0.4, 0.5) is 18.9 Å². The Hall–Kier alpha value is -1.30. The van der Waals surface area contributed by atoms with Crippen LogP contribution in [0, 0.1) is 5.92 Å². The van der Waals surface area contributed by atoms with E-state index in [2.05, 4.69) is 12.2 Å². The van der Waals surface area contributed by atoms with Gasteiger partial charge in [-0.25, -0.2) is 0 Å². The first-order valence-corrected chi connectivity index (χ1v) is 7.46. The van der Waals surface area contributed by atoms with Gasteiger partial charge in [0.05, 0.1) is 5.56 Å². The molecule has 0 saturated heterocycles. The molecule has 1 aliphatic carbocycles. The molecule has 0 spiro atoms. The maximum absolute atomic E-state index is 12.8. The van der Waals surface area contributed by atoms with E-state index in [0.29, 0.717) is 11.6 Å². The fourth-order valence-electron chi connectivity index (χ4n) is 2.84. The number of anilines is 1. The Morgan fingerprint density at radius 3 is 2.62 bits per heavy atom. The van der Waals surface area contributed by atoms with Crippen molar-refractivity contribution in [3.63, 3.8) is 0 Å². The molecule has 1 aromatic carbocycles. The molecular formula is C15H19F3N2S. The highest BCUT2D eigenvalue weighted by Gasteiger charge is 2.31. The van der Waals surface area contributed by atoms with Crippen molar-refractivity contribution in [1.82, 2.24) is 0 Å². The molecule has 2 atom stereocenters. The maximum atomic E-state index is 12.8. The molecule has 6 heteroatoms. The number of halogens is 3. The van der Waals surface area contributed by atoms with Crippen LogP contribution in [0.25, 0.3) is 0 Å². The van der Waals surface area contributed by atoms with Gasteiger partial charge in [0, 0.05) is 17.3 Å². The molecule has 21 heavy (non-hydrogen) atoms. The van der Waals surface area contributed by atoms with Crippen LogP contribution in [0.3, 0.4) is 0 Å². The monoisotopic (exact) mass is 316 g/mol. The molecule has 0 bridgehead atoms. The van der Waals surface area contributed by atoms with E-state index < -0.39 is 11.7 Å². The zero-order valence-corrected chi connectivity index (χ0v) is 12.7. The Bertz CT molecular complexity index is 528. The molecule has 2 unspecified atom stereocenters. The summed E-state index contributed by atoms with van der Waals surface area (Å²) in [7, 11) is 0. The highest BCUT2D eigenvalue weighted by Crippen LogP contribution is 2.33. The van der Waals surface area contributed by atoms with Crippen LogP contribution in [0.15, 0.2) is 18.2 Å². The first kappa shape index (κ1) is 16.1. The van der Waals surface area contributed by atoms with E-state index in [1.54, 1.807) is 0 Å². The minimum Gasteiger partial charge on any atom is -0.389 e. The molecule has 0 amide bonds. The zero-order chi connectivity index (χ0) is 15.6. The van der Waals surface area contributed by atoms with Crippen LogP contribution in [0.1, 0.15) is 43.7 Å². The number of hydrogen-bond donors (Lipinski definition) is 2. The second-order valence-corrected chi connectivity index (χ2v) is 6.18. The van der Waals surface area contributed by atoms with Gasteiger partial charge in [0.2, 0.25) is 0 Å². The molecule has 3 N–H and O–H groups in total. The predicted molar refractivity (Wildman–Crippen MR) is 82.4 cm³/mol. The lowest BCUT2D eigenvalue weighted by Crippen LogP contribution is -2.27. The van der Waals surface area contributed by atoms with Gasteiger partial charge in [-0.2, -0.15) is 13.2 Å². The number of benzene rings is 1. The van der Waals surface area contributed by atoms with Crippen molar-refractivity contribution in [2.75, 3.05) is 5.32 Å². The van der Waals surface area contributed by atoms with Gasteiger partial charge in [-0.1, -0.05) is 32.0 Å². The van der Waals surface area contributed by atoms with Crippen molar-refractivity contribution in [1.29, 1.82) is 0 Å². The number of hydrogen-bond acceptors (Lipinski definition) is 2. The first-order chi connectivity index (χ1) is 9.77. The topological polar surface area (TPSA) is 38.0 Å². The third-order valence-electron chi connectivity index (χ3n) is 3.91. The standard InChI is InChI=1S/C15H19F3N2S/c1-9-3-2-4-11(7-9)20-13-6-5-10(15(16,17)18)8-12(13)14(19)21/h5-6,8-9,11,20H,2-4,7H2,1H3,(H2,19,21). The normalized spacial score (nSPS) is 22.9. The SMILES string of the molecule is CC1CCCC(Nc2ccc(C(F)(F)F)cc2C(N)=S)C1. The summed E-state index contributed by atoms with van der Waals surface area (Å²) in [6, 6.07) is 3.78. The molecule has 1 aliphatic rings. The minimum atomic E-state index is -4.39. The van der Waals surface area contributed by atoms with E-state index >= 15 is 0 Å². The number of rotatable bonds is 3. The zero-order valence-electron chi connectivity index (χ0n) is 11.8. The van der Waals surface area contributed by atoms with Crippen molar-refractivity contribution < 1.29 is 13.2 Å². The molecule has 0 radical (unpaired) electrons. The lowest BCUT2D eigenvalue weighted by atomic mass is 9.87. The number of nitrogens with one attached hydrogen (secondary N) is 1. The van der Waals surface area contributed by atoms with Crippen molar-refractivity contribution in [3.05, 3.63) is 29.3 Å². The molecule has 0 aliphatic heterocycles. The van der Waals surface area contributed by atoms with E-state index in [4.69, 9.17) is 18.0 Å². The summed E-state index contributed by atoms with van der Waals surface area (Å²) >= 11 is 4.89. The maximum Gasteiger partial charge on any atom is 0.416 e. The van der Waals surface area contributed by atoms with E-state index in [0.717, 1.165) is 31.4 Å². The van der Waals surface area contributed by atoms with Gasteiger partial charge >= 0.3 is 6.18 Å². The second-order valence-electron chi connectivity index (χ2n) is 5.74. The van der Waals surface area contributed by atoms with Gasteiger partial charge in [0.1, 0.15) is 4.99 Å². The van der Waals surface area contributed by atoms with Crippen molar-refractivity contribution in [2.24, 2.45) is 11.7 Å². The molecule has 1 fully saturated rings. The molecular weight excluding hydrogens is 297 g/mol. The van der Waals surface area contributed by atoms with Crippen molar-refractivity contribution in [3.8, 4) is 0 Å². The Balaban J connectivity index is 2.24. The summed E-state index contributed by atoms with van der Waals surface area (Å²) in [6.07, 6.45) is -0.0351. The van der Waals surface area contributed by atoms with E-state index in [1.165, 1.54) is 12.5 Å². The highest BCUT2D eigenvalue weighted by molar-refractivity contribution is 7.80. The number of nitrogens with two attached hydrogens (primary N) is 1. The summed E-state index contributed by atoms with van der Waals surface area (Å²) < 4.78 is 38.3. The lowest BCUT2D eigenvalue weighted by molar-refractivity contribution is -0.137. The quantitative estimate of drug-likeness (QED) is 0.815. The van der Waals surface area contributed by atoms with Crippen LogP contribution < -0.4 is 11.1 Å². The second kappa shape index (κ2) is 6.22. The average Bonchev–Trinajstić information content (AvgIpc) is 2.37. The van der Waals surface area contributed by atoms with Crippen LogP contribution in [-0.2, 0) is 6.18 Å². The minimum absolute atomic E-state index is 0.0209. The van der Waals surface area contributed by atoms with Crippen LogP contribution >= 0.6 is 12.2 Å². The summed E-state index contributed by atoms with van der Waals surface area (Å²) in [5.41, 5.74) is 5.71. The Morgan fingerprint density at radius 2 is 2.05 bits per heavy atom. The summed E-state index contributed by atoms with van der Waals surface area (Å²) in [5.74, 6) is 0.624. The van der Waals surface area contributed by atoms with Crippen LogP contribution in [0.2, 0.25) is 0 Å². The Labute approximate surface area is 127 Å². The average molecular weight is 316 g/mol. The molecule has 116 valence electrons. The number of thiocarbonyl (C=S) groups is 1. The summed E-state index contributed by atoms with van der Waals surface area (Å²) in [4.78, 5) is -0.0209. The Kier molecular flexibility index (Phi) is 4.76. The molecule has 1 saturated carbocycles. The summed E-state index contributed by atoms with van der Waals surface area (Å²) in [6.45, 7) is 2.19. The lowest BCUT2D eigenvalue weighted by Gasteiger charge is -2.29. The predicted octanol–water partition coefficient (Wildman–Crippen LogP) is 4.33. The molecule has 2 nitrogen and oxygen atoms in total. The van der Waals surface area contributed by atoms with Gasteiger partial charge in [-0.3, -0.25) is 0 Å². The molecule has 0 aromatic heterocycles. The molecule has 0 heterocycles. The van der Waals surface area contributed by atoms with Gasteiger partial charge in [0.25, 0.3) is 0 Å².